The second-order valence-electron chi connectivity index (χ2n) is 4.74. The molecule has 2 heterocycles. The van der Waals surface area contributed by atoms with E-state index in [0.717, 1.165) is 18.5 Å². The number of H-pyrrole nitrogens is 1. The number of aromatic amines is 1. The lowest BCUT2D eigenvalue weighted by atomic mass is 10.2. The summed E-state index contributed by atoms with van der Waals surface area (Å²) in [5.74, 6) is -0.190. The van der Waals surface area contributed by atoms with E-state index in [4.69, 9.17) is 4.74 Å². The zero-order valence-corrected chi connectivity index (χ0v) is 12.4. The monoisotopic (exact) mass is 307 g/mol. The minimum absolute atomic E-state index is 0.00679. The average molecular weight is 307 g/mol. The van der Waals surface area contributed by atoms with Crippen molar-refractivity contribution in [3.8, 4) is 0 Å². The minimum atomic E-state index is -0.556. The smallest absolute Gasteiger partial charge is 0.358 e. The molecule has 0 aromatic carbocycles. The number of carbonyl (C=O) groups excluding carboxylic acids is 1. The van der Waals surface area contributed by atoms with Gasteiger partial charge in [0, 0.05) is 12.6 Å². The molecule has 0 atom stereocenters. The fraction of sp³-hybridized carbons (Fsp3) is 0.462. The van der Waals surface area contributed by atoms with Crippen LogP contribution in [0.5, 0.6) is 0 Å². The van der Waals surface area contributed by atoms with E-state index in [9.17, 15) is 14.9 Å². The van der Waals surface area contributed by atoms with E-state index in [1.165, 1.54) is 10.8 Å². The summed E-state index contributed by atoms with van der Waals surface area (Å²) in [7, 11) is 0. The van der Waals surface area contributed by atoms with Gasteiger partial charge in [0.15, 0.2) is 11.5 Å². The number of hydrogen-bond acceptors (Lipinski definition) is 6. The van der Waals surface area contributed by atoms with Crippen LogP contribution >= 0.6 is 0 Å². The van der Waals surface area contributed by atoms with Crippen LogP contribution < -0.4 is 0 Å². The number of nitrogens with zero attached hydrogens (tertiary/aromatic N) is 4. The number of aryl methyl sites for hydroxylation is 2. The van der Waals surface area contributed by atoms with Gasteiger partial charge < -0.3 is 14.9 Å². The van der Waals surface area contributed by atoms with Crippen LogP contribution in [0.3, 0.4) is 0 Å². The first kappa shape index (κ1) is 15.7. The molecule has 0 aliphatic heterocycles. The highest BCUT2D eigenvalue weighted by atomic mass is 16.6. The lowest BCUT2D eigenvalue weighted by Gasteiger charge is -2.03. The minimum Gasteiger partial charge on any atom is -0.457 e. The van der Waals surface area contributed by atoms with Gasteiger partial charge in [0.1, 0.15) is 19.3 Å². The van der Waals surface area contributed by atoms with Crippen molar-refractivity contribution in [2.75, 3.05) is 6.61 Å². The predicted molar refractivity (Wildman–Crippen MR) is 76.5 cm³/mol. The third-order valence-corrected chi connectivity index (χ3v) is 3.13. The maximum atomic E-state index is 11.8. The van der Waals surface area contributed by atoms with Crippen molar-refractivity contribution in [1.29, 1.82) is 0 Å². The van der Waals surface area contributed by atoms with Crippen LogP contribution in [0.15, 0.2) is 12.3 Å². The first-order valence-corrected chi connectivity index (χ1v) is 6.90. The quantitative estimate of drug-likeness (QED) is 0.472. The Hall–Kier alpha value is -2.71. The molecular weight excluding hydrogens is 290 g/mol. The Morgan fingerprint density at radius 2 is 2.32 bits per heavy atom. The molecule has 0 unspecified atom stereocenters. The Labute approximate surface area is 126 Å². The van der Waals surface area contributed by atoms with Crippen LogP contribution in [0.1, 0.15) is 35.4 Å². The molecule has 0 aliphatic rings. The van der Waals surface area contributed by atoms with Gasteiger partial charge in [-0.05, 0) is 17.4 Å². The second-order valence-corrected chi connectivity index (χ2v) is 4.74. The van der Waals surface area contributed by atoms with Crippen LogP contribution in [-0.2, 0) is 17.7 Å². The van der Waals surface area contributed by atoms with E-state index in [0.29, 0.717) is 5.82 Å². The van der Waals surface area contributed by atoms with Crippen molar-refractivity contribution in [2.24, 2.45) is 0 Å². The number of rotatable bonds is 7. The zero-order valence-electron chi connectivity index (χ0n) is 12.4. The fourth-order valence-electron chi connectivity index (χ4n) is 2.05. The van der Waals surface area contributed by atoms with Crippen LogP contribution in [0.2, 0.25) is 0 Å². The highest BCUT2D eigenvalue weighted by molar-refractivity contribution is 5.87. The maximum absolute atomic E-state index is 11.8. The number of ether oxygens (including phenoxy) is 1. The molecule has 2 aromatic heterocycles. The Balaban J connectivity index is 1.92. The number of hydrogen-bond donors (Lipinski definition) is 1. The van der Waals surface area contributed by atoms with Gasteiger partial charge in [0.2, 0.25) is 0 Å². The van der Waals surface area contributed by atoms with Gasteiger partial charge in [-0.3, -0.25) is 5.10 Å². The van der Waals surface area contributed by atoms with E-state index in [1.807, 2.05) is 6.92 Å². The number of esters is 1. The Morgan fingerprint density at radius 3 is 3.00 bits per heavy atom. The lowest BCUT2D eigenvalue weighted by Crippen LogP contribution is -2.14. The summed E-state index contributed by atoms with van der Waals surface area (Å²) >= 11 is 0. The van der Waals surface area contributed by atoms with Gasteiger partial charge in [-0.15, -0.1) is 0 Å². The summed E-state index contributed by atoms with van der Waals surface area (Å²) < 4.78 is 6.48. The van der Waals surface area contributed by atoms with E-state index >= 15 is 0 Å². The average Bonchev–Trinajstić information content (AvgIpc) is 3.07. The predicted octanol–water partition coefficient (Wildman–Crippen LogP) is 1.63. The molecule has 0 radical (unpaired) electrons. The fourth-order valence-corrected chi connectivity index (χ4v) is 2.05. The third-order valence-electron chi connectivity index (χ3n) is 3.13. The number of nitro groups is 1. The van der Waals surface area contributed by atoms with Crippen LogP contribution in [0.4, 0.5) is 5.82 Å². The molecule has 22 heavy (non-hydrogen) atoms. The molecule has 0 spiro atoms. The summed E-state index contributed by atoms with van der Waals surface area (Å²) in [5.41, 5.74) is 1.08. The molecule has 0 aliphatic carbocycles. The Bertz CT molecular complexity index is 676. The van der Waals surface area contributed by atoms with E-state index in [2.05, 4.69) is 15.2 Å². The number of nitrogens with one attached hydrogen (secondary N) is 1. The summed E-state index contributed by atoms with van der Waals surface area (Å²) in [6.45, 7) is 3.85. The first-order valence-electron chi connectivity index (χ1n) is 6.90. The summed E-state index contributed by atoms with van der Waals surface area (Å²) in [4.78, 5) is 26.0. The van der Waals surface area contributed by atoms with Crippen molar-refractivity contribution >= 4 is 11.8 Å². The van der Waals surface area contributed by atoms with E-state index in [1.54, 1.807) is 13.0 Å². The Morgan fingerprint density at radius 1 is 1.55 bits per heavy atom. The summed E-state index contributed by atoms with van der Waals surface area (Å²) in [5, 5.41) is 17.5. The van der Waals surface area contributed by atoms with Crippen molar-refractivity contribution in [1.82, 2.24) is 19.7 Å². The normalized spacial score (nSPS) is 10.6. The van der Waals surface area contributed by atoms with Gasteiger partial charge in [-0.1, -0.05) is 13.3 Å². The van der Waals surface area contributed by atoms with Gasteiger partial charge in [-0.25, -0.2) is 14.3 Å². The molecule has 118 valence electrons. The second kappa shape index (κ2) is 6.83. The standard InChI is InChI=1S/C13H17N5O4/c1-3-4-10-7-11(16-15-10)13(19)22-6-5-17-9(2)14-8-12(17)18(20)21/h7-8H,3-6H2,1-2H3,(H,15,16). The number of carbonyl (C=O) groups is 1. The van der Waals surface area contributed by atoms with Crippen LogP contribution in [0, 0.1) is 17.0 Å². The molecule has 0 fully saturated rings. The number of aromatic nitrogens is 4. The molecule has 0 amide bonds. The largest absolute Gasteiger partial charge is 0.457 e. The Kier molecular flexibility index (Phi) is 4.87. The lowest BCUT2D eigenvalue weighted by molar-refractivity contribution is -0.392. The van der Waals surface area contributed by atoms with Crippen molar-refractivity contribution in [2.45, 2.75) is 33.2 Å². The van der Waals surface area contributed by atoms with Crippen molar-refractivity contribution in [3.63, 3.8) is 0 Å². The maximum Gasteiger partial charge on any atom is 0.358 e. The molecule has 2 aromatic rings. The van der Waals surface area contributed by atoms with E-state index < -0.39 is 10.9 Å². The highest BCUT2D eigenvalue weighted by Crippen LogP contribution is 2.13. The van der Waals surface area contributed by atoms with Crippen LogP contribution in [0.25, 0.3) is 0 Å². The van der Waals surface area contributed by atoms with E-state index in [-0.39, 0.29) is 24.7 Å². The highest BCUT2D eigenvalue weighted by Gasteiger charge is 2.18. The summed E-state index contributed by atoms with van der Waals surface area (Å²) in [6, 6.07) is 1.65. The molecular formula is C13H17N5O4. The van der Waals surface area contributed by atoms with Crippen LogP contribution in [-0.4, -0.2) is 37.2 Å². The zero-order chi connectivity index (χ0) is 16.1. The molecule has 0 saturated carbocycles. The van der Waals surface area contributed by atoms with Gasteiger partial charge >= 0.3 is 11.8 Å². The first-order chi connectivity index (χ1) is 10.5. The molecule has 9 nitrogen and oxygen atoms in total. The topological polar surface area (TPSA) is 116 Å². The number of imidazole rings is 1. The molecule has 0 bridgehead atoms. The molecule has 0 saturated heterocycles. The molecule has 9 heteroatoms. The summed E-state index contributed by atoms with van der Waals surface area (Å²) in [6.07, 6.45) is 2.93. The van der Waals surface area contributed by atoms with Gasteiger partial charge in [0.05, 0.1) is 0 Å². The third kappa shape index (κ3) is 3.48. The molecule has 1 N–H and O–H groups in total. The van der Waals surface area contributed by atoms with Gasteiger partial charge in [0.25, 0.3) is 0 Å². The SMILES string of the molecule is CCCc1cc(C(=O)OCCn2c([N+](=O)[O-])cnc2C)n[nH]1. The molecule has 2 rings (SSSR count). The van der Waals surface area contributed by atoms with Crippen molar-refractivity contribution < 1.29 is 14.5 Å². The van der Waals surface area contributed by atoms with Crippen molar-refractivity contribution in [3.05, 3.63) is 39.6 Å². The van der Waals surface area contributed by atoms with Gasteiger partial charge in [-0.2, -0.15) is 5.10 Å².